The Morgan fingerprint density at radius 3 is 2.31 bits per heavy atom. The lowest BCUT2D eigenvalue weighted by Crippen LogP contribution is -2.28. The normalized spacial score (nSPS) is 12.4. The minimum atomic E-state index is -0.202. The van der Waals surface area contributed by atoms with Crippen LogP contribution >= 0.6 is 11.6 Å². The molecule has 0 N–H and O–H groups in total. The monoisotopic (exact) mass is 412 g/mol. The van der Waals surface area contributed by atoms with Crippen LogP contribution in [0.15, 0.2) is 35.1 Å². The van der Waals surface area contributed by atoms with Crippen LogP contribution in [0.2, 0.25) is 5.02 Å². The summed E-state index contributed by atoms with van der Waals surface area (Å²) in [6.45, 7) is 1.14. The Kier molecular flexibility index (Phi) is 4.84. The van der Waals surface area contributed by atoms with Crippen molar-refractivity contribution in [2.75, 3.05) is 34.9 Å². The van der Waals surface area contributed by atoms with Gasteiger partial charge in [-0.15, -0.1) is 0 Å². The predicted molar refractivity (Wildman–Crippen MR) is 114 cm³/mol. The molecule has 1 aromatic heterocycles. The van der Waals surface area contributed by atoms with Gasteiger partial charge in [-0.25, -0.2) is 0 Å². The van der Waals surface area contributed by atoms with Crippen molar-refractivity contribution in [2.24, 2.45) is 0 Å². The van der Waals surface area contributed by atoms with E-state index in [9.17, 15) is 9.59 Å². The third-order valence-electron chi connectivity index (χ3n) is 5.26. The van der Waals surface area contributed by atoms with Crippen molar-refractivity contribution in [3.8, 4) is 22.6 Å². The summed E-state index contributed by atoms with van der Waals surface area (Å²) in [7, 11) is 6.99. The topological polar surface area (TPSA) is 60.8 Å². The van der Waals surface area contributed by atoms with Crippen LogP contribution < -0.4 is 15.0 Å². The first-order valence-electron chi connectivity index (χ1n) is 9.19. The molecule has 0 saturated carbocycles. The Labute approximate surface area is 173 Å². The third kappa shape index (κ3) is 2.99. The number of methoxy groups -OCH3 is 2. The molecular formula is C22H21ClN2O4. The number of carbonyl (C=O) groups is 1. The number of ether oxygens (including phenoxy) is 2. The lowest BCUT2D eigenvalue weighted by atomic mass is 10.0. The zero-order chi connectivity index (χ0) is 20.9. The van der Waals surface area contributed by atoms with Gasteiger partial charge in [-0.1, -0.05) is 17.7 Å². The molecule has 1 aliphatic carbocycles. The van der Waals surface area contributed by atoms with Crippen molar-refractivity contribution in [2.45, 2.75) is 6.54 Å². The lowest BCUT2D eigenvalue weighted by Gasteiger charge is -2.18. The summed E-state index contributed by atoms with van der Waals surface area (Å²) in [6.07, 6.45) is 0. The molecule has 150 valence electrons. The van der Waals surface area contributed by atoms with E-state index < -0.39 is 0 Å². The minimum Gasteiger partial charge on any atom is -0.493 e. The number of halogens is 1. The van der Waals surface area contributed by atoms with Crippen molar-refractivity contribution in [3.05, 3.63) is 56.8 Å². The van der Waals surface area contributed by atoms with Gasteiger partial charge in [0.25, 0.3) is 5.56 Å². The lowest BCUT2D eigenvalue weighted by molar-refractivity contribution is 0.104. The van der Waals surface area contributed by atoms with Gasteiger partial charge in [-0.3, -0.25) is 9.59 Å². The molecule has 0 atom stereocenters. The highest BCUT2D eigenvalue weighted by molar-refractivity contribution is 6.33. The molecule has 2 aromatic carbocycles. The largest absolute Gasteiger partial charge is 0.493 e. The van der Waals surface area contributed by atoms with Crippen LogP contribution in [0.1, 0.15) is 15.9 Å². The second-order valence-electron chi connectivity index (χ2n) is 7.25. The van der Waals surface area contributed by atoms with E-state index in [-0.39, 0.29) is 11.3 Å². The molecule has 0 radical (unpaired) electrons. The zero-order valence-electron chi connectivity index (χ0n) is 16.7. The fraction of sp³-hybridized carbons (Fsp3) is 0.273. The number of ketones is 1. The summed E-state index contributed by atoms with van der Waals surface area (Å²) in [4.78, 5) is 28.8. The molecule has 0 spiro atoms. The fourth-order valence-corrected chi connectivity index (χ4v) is 4.01. The van der Waals surface area contributed by atoms with Gasteiger partial charge in [0.1, 0.15) is 0 Å². The second-order valence-corrected chi connectivity index (χ2v) is 7.69. The van der Waals surface area contributed by atoms with E-state index in [0.717, 1.165) is 0 Å². The average molecular weight is 413 g/mol. The highest BCUT2D eigenvalue weighted by atomic mass is 35.5. The number of benzene rings is 2. The number of rotatable bonds is 5. The average Bonchev–Trinajstić information content (AvgIpc) is 2.99. The Bertz CT molecular complexity index is 1210. The van der Waals surface area contributed by atoms with E-state index in [1.807, 2.05) is 19.0 Å². The molecule has 0 amide bonds. The molecule has 0 unspecified atom stereocenters. The standard InChI is InChI=1S/C22H21ClN2O4/c1-24(2)7-8-25-16-11-18(29-4)17(28-3)10-15(16)19-20(22(25)27)13-6-5-12(23)9-14(13)21(19)26/h5-6,9-11H,7-8H2,1-4H3. The first-order valence-corrected chi connectivity index (χ1v) is 9.57. The van der Waals surface area contributed by atoms with Gasteiger partial charge in [-0.05, 0) is 37.9 Å². The van der Waals surface area contributed by atoms with E-state index in [2.05, 4.69) is 0 Å². The van der Waals surface area contributed by atoms with E-state index in [0.29, 0.717) is 62.8 Å². The first kappa shape index (κ1) is 19.5. The smallest absolute Gasteiger partial charge is 0.259 e. The Hall–Kier alpha value is -2.83. The number of pyridine rings is 1. The van der Waals surface area contributed by atoms with Gasteiger partial charge in [-0.2, -0.15) is 0 Å². The molecule has 7 heteroatoms. The van der Waals surface area contributed by atoms with Crippen LogP contribution in [0.5, 0.6) is 11.5 Å². The maximum absolute atomic E-state index is 13.5. The van der Waals surface area contributed by atoms with Crippen molar-refractivity contribution in [1.82, 2.24) is 9.47 Å². The van der Waals surface area contributed by atoms with Gasteiger partial charge >= 0.3 is 0 Å². The van der Waals surface area contributed by atoms with E-state index in [1.54, 1.807) is 49.1 Å². The summed E-state index contributed by atoms with van der Waals surface area (Å²) >= 11 is 6.12. The highest BCUT2D eigenvalue weighted by Gasteiger charge is 2.33. The Morgan fingerprint density at radius 1 is 0.966 bits per heavy atom. The SMILES string of the molecule is COc1cc2c3c(c(=O)n(CCN(C)C)c2cc1OC)-c1ccc(Cl)cc1C3=O. The second kappa shape index (κ2) is 7.21. The van der Waals surface area contributed by atoms with Crippen molar-refractivity contribution >= 4 is 28.3 Å². The molecule has 0 fully saturated rings. The van der Waals surface area contributed by atoms with Crippen LogP contribution in [-0.2, 0) is 6.54 Å². The Balaban J connectivity index is 2.12. The number of hydrogen-bond donors (Lipinski definition) is 0. The molecule has 1 aliphatic rings. The summed E-state index contributed by atoms with van der Waals surface area (Å²) in [5, 5.41) is 1.12. The molecular weight excluding hydrogens is 392 g/mol. The van der Waals surface area contributed by atoms with Crippen molar-refractivity contribution < 1.29 is 14.3 Å². The van der Waals surface area contributed by atoms with Crippen LogP contribution in [-0.4, -0.2) is 50.1 Å². The van der Waals surface area contributed by atoms with Gasteiger partial charge < -0.3 is 18.9 Å². The van der Waals surface area contributed by atoms with Gasteiger partial charge in [0.15, 0.2) is 17.3 Å². The third-order valence-corrected chi connectivity index (χ3v) is 5.50. The summed E-state index contributed by atoms with van der Waals surface area (Å²) in [5.41, 5.74) is 2.32. The highest BCUT2D eigenvalue weighted by Crippen LogP contribution is 2.42. The minimum absolute atomic E-state index is 0.198. The number of aromatic nitrogens is 1. The fourth-order valence-electron chi connectivity index (χ4n) is 3.84. The van der Waals surface area contributed by atoms with Crippen LogP contribution in [0, 0.1) is 0 Å². The maximum atomic E-state index is 13.5. The number of carbonyl (C=O) groups excluding carboxylic acids is 1. The first-order chi connectivity index (χ1) is 13.9. The quantitative estimate of drug-likeness (QED) is 0.502. The van der Waals surface area contributed by atoms with Crippen LogP contribution in [0.25, 0.3) is 22.0 Å². The molecule has 29 heavy (non-hydrogen) atoms. The van der Waals surface area contributed by atoms with Gasteiger partial charge in [0.2, 0.25) is 0 Å². The maximum Gasteiger partial charge on any atom is 0.259 e. The number of hydrogen-bond acceptors (Lipinski definition) is 5. The van der Waals surface area contributed by atoms with Gasteiger partial charge in [0.05, 0.1) is 25.3 Å². The molecule has 0 saturated heterocycles. The van der Waals surface area contributed by atoms with E-state index in [1.165, 1.54) is 0 Å². The molecule has 0 bridgehead atoms. The van der Waals surface area contributed by atoms with E-state index in [4.69, 9.17) is 21.1 Å². The molecule has 1 heterocycles. The van der Waals surface area contributed by atoms with E-state index >= 15 is 0 Å². The summed E-state index contributed by atoms with van der Waals surface area (Å²) in [6, 6.07) is 8.59. The van der Waals surface area contributed by atoms with Crippen molar-refractivity contribution in [3.63, 3.8) is 0 Å². The number of likely N-dealkylation sites (N-methyl/N-ethyl adjacent to an activating group) is 1. The van der Waals surface area contributed by atoms with Crippen LogP contribution in [0.3, 0.4) is 0 Å². The van der Waals surface area contributed by atoms with Crippen molar-refractivity contribution in [1.29, 1.82) is 0 Å². The predicted octanol–water partition coefficient (Wildman–Crippen LogP) is 3.45. The summed E-state index contributed by atoms with van der Waals surface area (Å²) < 4.78 is 12.6. The molecule has 3 aromatic rings. The van der Waals surface area contributed by atoms with Crippen LogP contribution in [0.4, 0.5) is 0 Å². The molecule has 0 aliphatic heterocycles. The molecule has 4 rings (SSSR count). The number of fused-ring (bicyclic) bond motifs is 5. The van der Waals surface area contributed by atoms with Gasteiger partial charge in [0, 0.05) is 40.7 Å². The summed E-state index contributed by atoms with van der Waals surface area (Å²) in [5.74, 6) is 0.803. The molecule has 6 nitrogen and oxygen atoms in total. The Morgan fingerprint density at radius 2 is 1.66 bits per heavy atom. The zero-order valence-corrected chi connectivity index (χ0v) is 17.5. The number of nitrogens with zero attached hydrogens (tertiary/aromatic N) is 2.